The van der Waals surface area contributed by atoms with Gasteiger partial charge in [-0.25, -0.2) is 8.78 Å². The standard InChI is InChI=1S/C8H17F2NO2/c1-3-11-5-6(12)4-8(2,13)7(9)10/h6-7,11-13H,3-5H2,1-2H3/t6-,8-/m1/s1. The number of alkyl halides is 2. The van der Waals surface area contributed by atoms with Crippen molar-refractivity contribution in [2.75, 3.05) is 13.1 Å². The maximum absolute atomic E-state index is 12.1. The van der Waals surface area contributed by atoms with Crippen molar-refractivity contribution >= 4 is 0 Å². The molecular formula is C8H17F2NO2. The van der Waals surface area contributed by atoms with Gasteiger partial charge in [0.05, 0.1) is 6.10 Å². The minimum Gasteiger partial charge on any atom is -0.392 e. The van der Waals surface area contributed by atoms with Crippen LogP contribution in [0.1, 0.15) is 20.3 Å². The van der Waals surface area contributed by atoms with E-state index in [9.17, 15) is 13.9 Å². The number of nitrogens with one attached hydrogen (secondary N) is 1. The average molecular weight is 197 g/mol. The molecule has 3 N–H and O–H groups in total. The molecule has 0 aromatic rings. The molecule has 0 heterocycles. The van der Waals surface area contributed by atoms with E-state index in [0.717, 1.165) is 6.92 Å². The topological polar surface area (TPSA) is 52.5 Å². The summed E-state index contributed by atoms with van der Waals surface area (Å²) < 4.78 is 24.2. The normalized spacial score (nSPS) is 18.7. The highest BCUT2D eigenvalue weighted by Crippen LogP contribution is 2.20. The summed E-state index contributed by atoms with van der Waals surface area (Å²) in [6, 6.07) is 0. The lowest BCUT2D eigenvalue weighted by Crippen LogP contribution is -2.40. The van der Waals surface area contributed by atoms with E-state index in [1.165, 1.54) is 0 Å². The molecule has 80 valence electrons. The predicted molar refractivity (Wildman–Crippen MR) is 45.8 cm³/mol. The van der Waals surface area contributed by atoms with Crippen molar-refractivity contribution < 1.29 is 19.0 Å². The van der Waals surface area contributed by atoms with Crippen molar-refractivity contribution in [3.05, 3.63) is 0 Å². The zero-order chi connectivity index (χ0) is 10.5. The van der Waals surface area contributed by atoms with E-state index in [4.69, 9.17) is 5.11 Å². The Hall–Kier alpha value is -0.260. The van der Waals surface area contributed by atoms with Crippen molar-refractivity contribution in [1.82, 2.24) is 5.32 Å². The van der Waals surface area contributed by atoms with Crippen LogP contribution in [0.2, 0.25) is 0 Å². The van der Waals surface area contributed by atoms with Crippen LogP contribution in [-0.2, 0) is 0 Å². The number of likely N-dealkylation sites (N-methyl/N-ethyl adjacent to an activating group) is 1. The molecule has 0 saturated carbocycles. The monoisotopic (exact) mass is 197 g/mol. The highest BCUT2D eigenvalue weighted by atomic mass is 19.3. The Kier molecular flexibility index (Phi) is 5.36. The molecule has 0 spiro atoms. The first kappa shape index (κ1) is 12.7. The van der Waals surface area contributed by atoms with E-state index < -0.39 is 18.1 Å². The Labute approximate surface area is 76.8 Å². The van der Waals surface area contributed by atoms with Crippen molar-refractivity contribution in [3.63, 3.8) is 0 Å². The van der Waals surface area contributed by atoms with Gasteiger partial charge in [-0.2, -0.15) is 0 Å². The summed E-state index contributed by atoms with van der Waals surface area (Å²) in [6.45, 7) is 3.75. The highest BCUT2D eigenvalue weighted by Gasteiger charge is 2.34. The molecule has 2 atom stereocenters. The van der Waals surface area contributed by atoms with Gasteiger partial charge in [-0.05, 0) is 13.5 Å². The van der Waals surface area contributed by atoms with Gasteiger partial charge in [0.2, 0.25) is 0 Å². The molecule has 0 aromatic heterocycles. The third-order valence-electron chi connectivity index (χ3n) is 1.75. The third-order valence-corrected chi connectivity index (χ3v) is 1.75. The van der Waals surface area contributed by atoms with Gasteiger partial charge in [0, 0.05) is 13.0 Å². The summed E-state index contributed by atoms with van der Waals surface area (Å²) in [4.78, 5) is 0. The van der Waals surface area contributed by atoms with Gasteiger partial charge in [-0.15, -0.1) is 0 Å². The van der Waals surface area contributed by atoms with Crippen molar-refractivity contribution in [2.45, 2.75) is 38.4 Å². The first-order chi connectivity index (χ1) is 5.90. The van der Waals surface area contributed by atoms with Crippen LogP contribution in [0.3, 0.4) is 0 Å². The lowest BCUT2D eigenvalue weighted by Gasteiger charge is -2.25. The third kappa shape index (κ3) is 5.13. The van der Waals surface area contributed by atoms with Gasteiger partial charge in [0.15, 0.2) is 0 Å². The summed E-state index contributed by atoms with van der Waals surface area (Å²) >= 11 is 0. The first-order valence-electron chi connectivity index (χ1n) is 4.29. The number of aliphatic hydroxyl groups excluding tert-OH is 1. The van der Waals surface area contributed by atoms with E-state index in [1.807, 2.05) is 6.92 Å². The molecule has 3 nitrogen and oxygen atoms in total. The van der Waals surface area contributed by atoms with Crippen LogP contribution in [0.4, 0.5) is 8.78 Å². The van der Waals surface area contributed by atoms with Gasteiger partial charge in [0.25, 0.3) is 6.43 Å². The zero-order valence-corrected chi connectivity index (χ0v) is 7.93. The second kappa shape index (κ2) is 5.47. The molecule has 0 saturated heterocycles. The van der Waals surface area contributed by atoms with Gasteiger partial charge >= 0.3 is 0 Å². The maximum Gasteiger partial charge on any atom is 0.266 e. The fourth-order valence-electron chi connectivity index (χ4n) is 0.949. The second-order valence-electron chi connectivity index (χ2n) is 3.32. The van der Waals surface area contributed by atoms with E-state index in [2.05, 4.69) is 5.32 Å². The van der Waals surface area contributed by atoms with Crippen LogP contribution in [0, 0.1) is 0 Å². The Morgan fingerprint density at radius 3 is 2.38 bits per heavy atom. The van der Waals surface area contributed by atoms with Gasteiger partial charge in [-0.3, -0.25) is 0 Å². The summed E-state index contributed by atoms with van der Waals surface area (Å²) in [7, 11) is 0. The molecule has 0 fully saturated rings. The Bertz CT molecular complexity index is 142. The Balaban J connectivity index is 3.82. The maximum atomic E-state index is 12.1. The number of hydrogen-bond acceptors (Lipinski definition) is 3. The van der Waals surface area contributed by atoms with Gasteiger partial charge < -0.3 is 15.5 Å². The molecule has 0 radical (unpaired) electrons. The minimum absolute atomic E-state index is 0.222. The van der Waals surface area contributed by atoms with E-state index >= 15 is 0 Å². The fourth-order valence-corrected chi connectivity index (χ4v) is 0.949. The average Bonchev–Trinajstić information content (AvgIpc) is 1.99. The number of halogens is 2. The lowest BCUT2D eigenvalue weighted by atomic mass is 9.99. The van der Waals surface area contributed by atoms with Crippen LogP contribution >= 0.6 is 0 Å². The van der Waals surface area contributed by atoms with Crippen LogP contribution in [0.25, 0.3) is 0 Å². The fraction of sp³-hybridized carbons (Fsp3) is 1.00. The first-order valence-corrected chi connectivity index (χ1v) is 4.29. The molecule has 0 aliphatic carbocycles. The molecule has 0 amide bonds. The second-order valence-corrected chi connectivity index (χ2v) is 3.32. The van der Waals surface area contributed by atoms with Crippen molar-refractivity contribution in [1.29, 1.82) is 0 Å². The minimum atomic E-state index is -2.83. The van der Waals surface area contributed by atoms with Crippen LogP contribution in [-0.4, -0.2) is 41.4 Å². The Morgan fingerprint density at radius 2 is 2.00 bits per heavy atom. The molecular weight excluding hydrogens is 180 g/mol. The molecule has 5 heteroatoms. The summed E-state index contributed by atoms with van der Waals surface area (Å²) in [6.07, 6.45) is -4.09. The molecule has 0 aromatic carbocycles. The Morgan fingerprint density at radius 1 is 1.46 bits per heavy atom. The molecule has 0 unspecified atom stereocenters. The zero-order valence-electron chi connectivity index (χ0n) is 7.93. The smallest absolute Gasteiger partial charge is 0.266 e. The molecule has 0 aliphatic heterocycles. The van der Waals surface area contributed by atoms with Gasteiger partial charge in [-0.1, -0.05) is 6.92 Å². The molecule has 0 aliphatic rings. The summed E-state index contributed by atoms with van der Waals surface area (Å²) in [5.41, 5.74) is -2.10. The highest BCUT2D eigenvalue weighted by molar-refractivity contribution is 4.79. The number of rotatable bonds is 6. The largest absolute Gasteiger partial charge is 0.392 e. The van der Waals surface area contributed by atoms with Crippen molar-refractivity contribution in [2.24, 2.45) is 0 Å². The molecule has 0 bridgehead atoms. The van der Waals surface area contributed by atoms with Gasteiger partial charge in [0.1, 0.15) is 5.60 Å². The summed E-state index contributed by atoms with van der Waals surface area (Å²) in [5, 5.41) is 21.1. The number of hydrogen-bond donors (Lipinski definition) is 3. The molecule has 13 heavy (non-hydrogen) atoms. The van der Waals surface area contributed by atoms with Crippen molar-refractivity contribution in [3.8, 4) is 0 Å². The van der Waals surface area contributed by atoms with Crippen LogP contribution < -0.4 is 5.32 Å². The van der Waals surface area contributed by atoms with E-state index in [1.54, 1.807) is 0 Å². The van der Waals surface area contributed by atoms with Crippen LogP contribution in [0.15, 0.2) is 0 Å². The lowest BCUT2D eigenvalue weighted by molar-refractivity contribution is -0.105. The quantitative estimate of drug-likeness (QED) is 0.576. The number of aliphatic hydroxyl groups is 2. The van der Waals surface area contributed by atoms with E-state index in [-0.39, 0.29) is 13.0 Å². The predicted octanol–water partition coefficient (Wildman–Crippen LogP) is 0.363. The summed E-state index contributed by atoms with van der Waals surface area (Å²) in [5.74, 6) is 0. The SMILES string of the molecule is CCNC[C@H](O)C[C@@](C)(O)C(F)F. The van der Waals surface area contributed by atoms with Crippen LogP contribution in [0.5, 0.6) is 0 Å². The van der Waals surface area contributed by atoms with E-state index in [0.29, 0.717) is 6.54 Å². The molecule has 0 rings (SSSR count).